The van der Waals surface area contributed by atoms with Crippen LogP contribution in [0.25, 0.3) is 0 Å². The zero-order valence-electron chi connectivity index (χ0n) is 27.4. The van der Waals surface area contributed by atoms with Crippen molar-refractivity contribution in [1.29, 1.82) is 0 Å². The van der Waals surface area contributed by atoms with Gasteiger partial charge in [0.1, 0.15) is 17.5 Å². The van der Waals surface area contributed by atoms with Gasteiger partial charge in [-0.25, -0.2) is 9.59 Å². The Labute approximate surface area is 285 Å². The highest BCUT2D eigenvalue weighted by Crippen LogP contribution is 2.19. The Morgan fingerprint density at radius 2 is 1.16 bits per heavy atom. The highest BCUT2D eigenvalue weighted by Gasteiger charge is 2.28. The van der Waals surface area contributed by atoms with E-state index in [-0.39, 0.29) is 31.0 Å². The van der Waals surface area contributed by atoms with Crippen molar-refractivity contribution >= 4 is 17.6 Å². The molecule has 5 aromatic rings. The Morgan fingerprint density at radius 1 is 0.653 bits per heavy atom. The van der Waals surface area contributed by atoms with Crippen LogP contribution in [0.4, 0.5) is 5.82 Å². The number of nitrogens with one attached hydrogen (secondary N) is 1. The van der Waals surface area contributed by atoms with E-state index in [0.717, 1.165) is 48.0 Å². The molecule has 9 nitrogen and oxygen atoms in total. The van der Waals surface area contributed by atoms with Gasteiger partial charge in [0.2, 0.25) is 5.78 Å². The predicted molar refractivity (Wildman–Crippen MR) is 190 cm³/mol. The molecule has 1 aliphatic rings. The second-order valence-corrected chi connectivity index (χ2v) is 12.3. The summed E-state index contributed by atoms with van der Waals surface area (Å²) in [5, 5.41) is 3.30. The molecule has 0 bridgehead atoms. The van der Waals surface area contributed by atoms with Gasteiger partial charge in [-0.1, -0.05) is 116 Å². The van der Waals surface area contributed by atoms with Crippen LogP contribution in [-0.2, 0) is 17.8 Å². The summed E-state index contributed by atoms with van der Waals surface area (Å²) in [5.41, 5.74) is 0.915. The summed E-state index contributed by atoms with van der Waals surface area (Å²) in [4.78, 5) is 58.5. The number of ketones is 1. The Bertz CT molecular complexity index is 1970. The van der Waals surface area contributed by atoms with Crippen LogP contribution in [0, 0.1) is 0 Å². The molecule has 1 saturated heterocycles. The van der Waals surface area contributed by atoms with E-state index in [1.165, 1.54) is 4.57 Å². The Morgan fingerprint density at radius 3 is 1.73 bits per heavy atom. The lowest BCUT2D eigenvalue weighted by molar-refractivity contribution is 0.0219. The van der Waals surface area contributed by atoms with E-state index in [1.54, 1.807) is 54.6 Å². The molecule has 9 heteroatoms. The summed E-state index contributed by atoms with van der Waals surface area (Å²) in [5.74, 6) is -0.882. The number of rotatable bonds is 13. The fraction of sp³-hybridized carbons (Fsp3) is 0.250. The number of carbonyl (C=O) groups excluding carboxylic acids is 2. The van der Waals surface area contributed by atoms with Crippen molar-refractivity contribution in [3.63, 3.8) is 0 Å². The van der Waals surface area contributed by atoms with Crippen LogP contribution in [0.1, 0.15) is 56.7 Å². The number of esters is 1. The first-order valence-electron chi connectivity index (χ1n) is 16.8. The highest BCUT2D eigenvalue weighted by molar-refractivity contribution is 6.11. The Kier molecular flexibility index (Phi) is 10.9. The second kappa shape index (κ2) is 16.0. The van der Waals surface area contributed by atoms with Crippen molar-refractivity contribution in [2.24, 2.45) is 0 Å². The number of piperidine rings is 1. The number of nitrogens with zero attached hydrogens (tertiary/aromatic N) is 3. The summed E-state index contributed by atoms with van der Waals surface area (Å²) < 4.78 is 8.65. The van der Waals surface area contributed by atoms with E-state index in [0.29, 0.717) is 17.7 Å². The minimum atomic E-state index is -0.691. The first-order chi connectivity index (χ1) is 24.0. The molecule has 6 rings (SSSR count). The van der Waals surface area contributed by atoms with Gasteiger partial charge in [-0.05, 0) is 49.2 Å². The number of aromatic nitrogens is 2. The number of hydrogen-bond acceptors (Lipinski definition) is 7. The highest BCUT2D eigenvalue weighted by atomic mass is 16.5. The van der Waals surface area contributed by atoms with Gasteiger partial charge in [-0.3, -0.25) is 23.6 Å². The van der Waals surface area contributed by atoms with E-state index in [1.807, 2.05) is 66.7 Å². The predicted octanol–water partition coefficient (Wildman–Crippen LogP) is 5.46. The van der Waals surface area contributed by atoms with Crippen molar-refractivity contribution in [1.82, 2.24) is 14.0 Å². The van der Waals surface area contributed by atoms with Gasteiger partial charge in [0.25, 0.3) is 5.56 Å². The van der Waals surface area contributed by atoms with Crippen LogP contribution in [0.5, 0.6) is 0 Å². The Hall–Kier alpha value is -5.54. The van der Waals surface area contributed by atoms with E-state index >= 15 is 0 Å². The maximum atomic E-state index is 14.4. The molecule has 1 atom stereocenters. The molecule has 1 unspecified atom stereocenters. The number of carbonyl (C=O) groups is 2. The van der Waals surface area contributed by atoms with E-state index in [2.05, 4.69) is 10.2 Å². The maximum absolute atomic E-state index is 14.4. The SMILES string of the molecule is O=C(OC(CNc1c(C(=O)c2ccccc2)c(=O)n(Cc2ccccc2)c(=O)n1Cc1ccccc1)CN1CCCCC1)c1ccccc1. The van der Waals surface area contributed by atoms with Crippen LogP contribution >= 0.6 is 0 Å². The third-order valence-electron chi connectivity index (χ3n) is 8.75. The fourth-order valence-corrected chi connectivity index (χ4v) is 6.22. The average molecular weight is 657 g/mol. The number of anilines is 1. The van der Waals surface area contributed by atoms with Gasteiger partial charge >= 0.3 is 11.7 Å². The summed E-state index contributed by atoms with van der Waals surface area (Å²) >= 11 is 0. The van der Waals surface area contributed by atoms with Crippen LogP contribution in [0.15, 0.2) is 131 Å². The minimum absolute atomic E-state index is 0.00504. The summed E-state index contributed by atoms with van der Waals surface area (Å²) in [6.45, 7) is 2.39. The average Bonchev–Trinajstić information content (AvgIpc) is 3.15. The molecule has 250 valence electrons. The molecule has 49 heavy (non-hydrogen) atoms. The Balaban J connectivity index is 1.45. The normalized spacial score (nSPS) is 13.8. The smallest absolute Gasteiger partial charge is 0.338 e. The molecule has 2 heterocycles. The van der Waals surface area contributed by atoms with E-state index in [9.17, 15) is 19.2 Å². The van der Waals surface area contributed by atoms with Crippen LogP contribution in [-0.4, -0.2) is 58.1 Å². The third kappa shape index (κ3) is 8.31. The van der Waals surface area contributed by atoms with Gasteiger partial charge in [0, 0.05) is 12.1 Å². The lowest BCUT2D eigenvalue weighted by Crippen LogP contribution is -2.46. The van der Waals surface area contributed by atoms with Crippen LogP contribution in [0.2, 0.25) is 0 Å². The molecular formula is C40H40N4O5. The maximum Gasteiger partial charge on any atom is 0.338 e. The van der Waals surface area contributed by atoms with Crippen molar-refractivity contribution in [3.05, 3.63) is 170 Å². The van der Waals surface area contributed by atoms with Crippen LogP contribution in [0.3, 0.4) is 0 Å². The molecule has 1 fully saturated rings. The van der Waals surface area contributed by atoms with Gasteiger partial charge in [0.15, 0.2) is 0 Å². The first-order valence-corrected chi connectivity index (χ1v) is 16.8. The summed E-state index contributed by atoms with van der Waals surface area (Å²) in [6.07, 6.45) is 2.62. The topological polar surface area (TPSA) is 103 Å². The number of hydrogen-bond donors (Lipinski definition) is 1. The largest absolute Gasteiger partial charge is 0.456 e. The third-order valence-corrected chi connectivity index (χ3v) is 8.75. The standard InChI is InChI=1S/C40H40N4O5/c45-36(32-20-10-3-11-21-32)35-37(41-26-34(29-42-24-14-5-15-25-42)49-39(47)33-22-12-4-13-23-33)43(27-30-16-6-1-7-17-30)40(48)44(38(35)46)28-31-18-8-2-9-19-31/h1-4,6-13,16-23,34,41H,5,14-15,24-29H2. The van der Waals surface area contributed by atoms with Gasteiger partial charge in [0.05, 0.1) is 25.2 Å². The van der Waals surface area contributed by atoms with Gasteiger partial charge in [-0.2, -0.15) is 0 Å². The zero-order valence-corrected chi connectivity index (χ0v) is 27.4. The molecule has 0 saturated carbocycles. The lowest BCUT2D eigenvalue weighted by atomic mass is 10.0. The summed E-state index contributed by atoms with van der Waals surface area (Å²) in [7, 11) is 0. The molecule has 0 amide bonds. The first kappa shape index (κ1) is 33.4. The quantitative estimate of drug-likeness (QED) is 0.133. The zero-order chi connectivity index (χ0) is 34.0. The van der Waals surface area contributed by atoms with E-state index in [4.69, 9.17) is 4.74 Å². The molecule has 0 radical (unpaired) electrons. The molecule has 1 aromatic heterocycles. The number of ether oxygens (including phenoxy) is 1. The fourth-order valence-electron chi connectivity index (χ4n) is 6.22. The molecule has 0 aliphatic carbocycles. The van der Waals surface area contributed by atoms with Crippen molar-refractivity contribution < 1.29 is 14.3 Å². The van der Waals surface area contributed by atoms with Gasteiger partial charge < -0.3 is 10.1 Å². The second-order valence-electron chi connectivity index (χ2n) is 12.3. The number of benzene rings is 4. The molecule has 4 aromatic carbocycles. The lowest BCUT2D eigenvalue weighted by Gasteiger charge is -2.31. The van der Waals surface area contributed by atoms with Crippen molar-refractivity contribution in [2.45, 2.75) is 38.5 Å². The number of likely N-dealkylation sites (tertiary alicyclic amines) is 1. The molecule has 1 N–H and O–H groups in total. The van der Waals surface area contributed by atoms with Crippen molar-refractivity contribution in [3.8, 4) is 0 Å². The van der Waals surface area contributed by atoms with Crippen molar-refractivity contribution in [2.75, 3.05) is 31.5 Å². The van der Waals surface area contributed by atoms with Crippen LogP contribution < -0.4 is 16.6 Å². The molecule has 0 spiro atoms. The van der Waals surface area contributed by atoms with Gasteiger partial charge in [-0.15, -0.1) is 0 Å². The molecular weight excluding hydrogens is 616 g/mol. The monoisotopic (exact) mass is 656 g/mol. The summed E-state index contributed by atoms with van der Waals surface area (Å²) in [6, 6.07) is 36.0. The minimum Gasteiger partial charge on any atom is -0.456 e. The molecule has 1 aliphatic heterocycles. The van der Waals surface area contributed by atoms with E-state index < -0.39 is 29.1 Å².